The summed E-state index contributed by atoms with van der Waals surface area (Å²) < 4.78 is 16.8. The number of nitrogens with one attached hydrogen (secondary N) is 2. The number of hydrogen-bond acceptors (Lipinski definition) is 6. The summed E-state index contributed by atoms with van der Waals surface area (Å²) in [6, 6.07) is 10.6. The zero-order valence-electron chi connectivity index (χ0n) is 17.2. The van der Waals surface area contributed by atoms with Crippen LogP contribution in [0.15, 0.2) is 46.0 Å². The number of amides is 2. The van der Waals surface area contributed by atoms with Crippen molar-refractivity contribution < 1.29 is 23.8 Å². The van der Waals surface area contributed by atoms with Crippen molar-refractivity contribution in [2.45, 2.75) is 20.3 Å². The molecule has 2 N–H and O–H groups in total. The van der Waals surface area contributed by atoms with Gasteiger partial charge in [0.05, 0.1) is 26.3 Å². The predicted molar refractivity (Wildman–Crippen MR) is 118 cm³/mol. The first-order chi connectivity index (χ1) is 14.3. The van der Waals surface area contributed by atoms with Crippen molar-refractivity contribution in [3.8, 4) is 17.2 Å². The van der Waals surface area contributed by atoms with Crippen LogP contribution in [0.5, 0.6) is 17.2 Å². The number of ether oxygens (including phenoxy) is 3. The van der Waals surface area contributed by atoms with E-state index < -0.39 is 5.91 Å². The Morgan fingerprint density at radius 1 is 1.03 bits per heavy atom. The fourth-order valence-electron chi connectivity index (χ4n) is 2.48. The molecule has 0 atom stereocenters. The molecule has 0 unspecified atom stereocenters. The third-order valence-electron chi connectivity index (χ3n) is 3.97. The molecule has 2 amide bonds. The number of rotatable bonds is 9. The zero-order valence-corrected chi connectivity index (χ0v) is 18.8. The fraction of sp³-hybridized carbons (Fsp3) is 0.286. The summed E-state index contributed by atoms with van der Waals surface area (Å²) in [4.78, 5) is 24.2. The van der Waals surface area contributed by atoms with Crippen LogP contribution in [0.1, 0.15) is 18.9 Å². The van der Waals surface area contributed by atoms with Gasteiger partial charge in [0.15, 0.2) is 6.61 Å². The van der Waals surface area contributed by atoms with Crippen LogP contribution in [0.4, 0.5) is 5.69 Å². The average Bonchev–Trinajstić information content (AvgIpc) is 2.71. The molecule has 30 heavy (non-hydrogen) atoms. The van der Waals surface area contributed by atoms with Gasteiger partial charge in [-0.15, -0.1) is 0 Å². The van der Waals surface area contributed by atoms with E-state index in [1.165, 1.54) is 7.11 Å². The molecule has 0 aliphatic carbocycles. The van der Waals surface area contributed by atoms with Crippen LogP contribution in [0.3, 0.4) is 0 Å². The van der Waals surface area contributed by atoms with Crippen LogP contribution in [0.2, 0.25) is 0 Å². The van der Waals surface area contributed by atoms with E-state index in [4.69, 9.17) is 14.2 Å². The highest BCUT2D eigenvalue weighted by Gasteiger charge is 2.11. The summed E-state index contributed by atoms with van der Waals surface area (Å²) in [6.07, 6.45) is 0.00212. The highest BCUT2D eigenvalue weighted by atomic mass is 79.9. The van der Waals surface area contributed by atoms with Gasteiger partial charge in [-0.25, -0.2) is 5.43 Å². The lowest BCUT2D eigenvalue weighted by Crippen LogP contribution is -2.26. The van der Waals surface area contributed by atoms with Crippen LogP contribution in [0.25, 0.3) is 0 Å². The van der Waals surface area contributed by atoms with Gasteiger partial charge < -0.3 is 19.5 Å². The minimum atomic E-state index is -0.422. The maximum Gasteiger partial charge on any atom is 0.277 e. The number of methoxy groups -OCH3 is 2. The number of anilines is 1. The number of halogens is 1. The van der Waals surface area contributed by atoms with Gasteiger partial charge in [0.1, 0.15) is 17.2 Å². The van der Waals surface area contributed by atoms with E-state index in [0.717, 1.165) is 10.0 Å². The maximum atomic E-state index is 12.2. The molecule has 0 heterocycles. The van der Waals surface area contributed by atoms with Crippen LogP contribution < -0.4 is 25.0 Å². The lowest BCUT2D eigenvalue weighted by Gasteiger charge is -2.11. The third-order valence-corrected chi connectivity index (χ3v) is 4.46. The number of carbonyl (C=O) groups excluding carboxylic acids is 2. The van der Waals surface area contributed by atoms with Crippen molar-refractivity contribution in [1.29, 1.82) is 0 Å². The smallest absolute Gasteiger partial charge is 0.277 e. The molecule has 0 saturated heterocycles. The molecule has 0 aliphatic heterocycles. The maximum absolute atomic E-state index is 12.2. The van der Waals surface area contributed by atoms with Gasteiger partial charge in [0.2, 0.25) is 5.91 Å². The Hall–Kier alpha value is -3.07. The van der Waals surface area contributed by atoms with Crippen LogP contribution >= 0.6 is 15.9 Å². The van der Waals surface area contributed by atoms with E-state index in [1.54, 1.807) is 38.3 Å². The summed E-state index contributed by atoms with van der Waals surface area (Å²) in [7, 11) is 3.05. The van der Waals surface area contributed by atoms with Gasteiger partial charge in [-0.1, -0.05) is 15.9 Å². The molecule has 0 spiro atoms. The van der Waals surface area contributed by atoms with Crippen LogP contribution in [0, 0.1) is 6.92 Å². The van der Waals surface area contributed by atoms with Crippen molar-refractivity contribution >= 4 is 39.1 Å². The molecule has 0 aromatic heterocycles. The van der Waals surface area contributed by atoms with E-state index in [2.05, 4.69) is 31.8 Å². The lowest BCUT2D eigenvalue weighted by atomic mass is 10.2. The third kappa shape index (κ3) is 7.07. The molecule has 0 bridgehead atoms. The summed E-state index contributed by atoms with van der Waals surface area (Å²) in [5.74, 6) is 0.989. The lowest BCUT2D eigenvalue weighted by molar-refractivity contribution is -0.123. The highest BCUT2D eigenvalue weighted by molar-refractivity contribution is 9.10. The normalized spacial score (nSPS) is 10.9. The molecule has 8 nitrogen and oxygen atoms in total. The summed E-state index contributed by atoms with van der Waals surface area (Å²) in [5.41, 5.74) is 4.24. The predicted octanol–water partition coefficient (Wildman–Crippen LogP) is 3.67. The second-order valence-electron chi connectivity index (χ2n) is 6.37. The summed E-state index contributed by atoms with van der Waals surface area (Å²) >= 11 is 3.37. The van der Waals surface area contributed by atoms with Gasteiger partial charge in [-0.2, -0.15) is 5.10 Å². The molecule has 0 radical (unpaired) electrons. The Kier molecular flexibility index (Phi) is 8.67. The first-order valence-corrected chi connectivity index (χ1v) is 9.84. The molecule has 160 valence electrons. The SMILES string of the molecule is COc1ccc(NC(=O)C/C(C)=N/NC(=O)COc2ccc(Br)cc2C)c(OC)c1. The number of hydrogen-bond donors (Lipinski definition) is 2. The first kappa shape index (κ1) is 23.2. The molecule has 9 heteroatoms. The van der Waals surface area contributed by atoms with Crippen LogP contribution in [-0.2, 0) is 9.59 Å². The number of benzene rings is 2. The van der Waals surface area contributed by atoms with Gasteiger partial charge in [0, 0.05) is 16.3 Å². The second-order valence-corrected chi connectivity index (χ2v) is 7.29. The standard InChI is InChI=1S/C21H24BrN3O5/c1-13-9-15(22)5-8-18(13)30-12-21(27)25-24-14(2)10-20(26)23-17-7-6-16(28-3)11-19(17)29-4/h5-9,11H,10,12H2,1-4H3,(H,23,26)(H,25,27)/b24-14+. The second kappa shape index (κ2) is 11.2. The quantitative estimate of drug-likeness (QED) is 0.424. The van der Waals surface area contributed by atoms with E-state index in [0.29, 0.717) is 28.6 Å². The topological polar surface area (TPSA) is 98.2 Å². The minimum absolute atomic E-state index is 0.00212. The van der Waals surface area contributed by atoms with E-state index >= 15 is 0 Å². The van der Waals surface area contributed by atoms with E-state index in [1.807, 2.05) is 19.1 Å². The Morgan fingerprint density at radius 3 is 2.47 bits per heavy atom. The average molecular weight is 478 g/mol. The van der Waals surface area contributed by atoms with Crippen molar-refractivity contribution in [1.82, 2.24) is 5.43 Å². The molecule has 2 aromatic carbocycles. The fourth-order valence-corrected chi connectivity index (χ4v) is 2.95. The number of hydrazone groups is 1. The molecule has 2 rings (SSSR count). The summed E-state index contributed by atoms with van der Waals surface area (Å²) in [5, 5.41) is 6.69. The molecule has 0 aliphatic rings. The monoisotopic (exact) mass is 477 g/mol. The Bertz CT molecular complexity index is 946. The Labute approximate surface area is 183 Å². The Balaban J connectivity index is 1.84. The van der Waals surface area contributed by atoms with Gasteiger partial charge in [-0.05, 0) is 49.7 Å². The Morgan fingerprint density at radius 2 is 1.80 bits per heavy atom. The van der Waals surface area contributed by atoms with E-state index in [9.17, 15) is 9.59 Å². The highest BCUT2D eigenvalue weighted by Crippen LogP contribution is 2.29. The van der Waals surface area contributed by atoms with Crippen molar-refractivity contribution in [3.05, 3.63) is 46.4 Å². The van der Waals surface area contributed by atoms with Gasteiger partial charge in [0.25, 0.3) is 5.91 Å². The van der Waals surface area contributed by atoms with Crippen molar-refractivity contribution in [2.75, 3.05) is 26.1 Å². The first-order valence-electron chi connectivity index (χ1n) is 9.05. The van der Waals surface area contributed by atoms with E-state index in [-0.39, 0.29) is 18.9 Å². The zero-order chi connectivity index (χ0) is 22.1. The molecule has 0 saturated carbocycles. The molecule has 0 fully saturated rings. The van der Waals surface area contributed by atoms with Gasteiger partial charge in [-0.3, -0.25) is 9.59 Å². The molecule has 2 aromatic rings. The van der Waals surface area contributed by atoms with Gasteiger partial charge >= 0.3 is 0 Å². The number of carbonyl (C=O) groups is 2. The van der Waals surface area contributed by atoms with Crippen molar-refractivity contribution in [2.24, 2.45) is 5.10 Å². The summed E-state index contributed by atoms with van der Waals surface area (Å²) in [6.45, 7) is 3.34. The number of nitrogens with zero attached hydrogens (tertiary/aromatic N) is 1. The van der Waals surface area contributed by atoms with Crippen LogP contribution in [-0.4, -0.2) is 38.4 Å². The minimum Gasteiger partial charge on any atom is -0.497 e. The van der Waals surface area contributed by atoms with Crippen molar-refractivity contribution in [3.63, 3.8) is 0 Å². The molecular formula is C21H24BrN3O5. The number of aryl methyl sites for hydroxylation is 1. The largest absolute Gasteiger partial charge is 0.497 e. The molecular weight excluding hydrogens is 454 g/mol.